The Bertz CT molecular complexity index is 438. The number of benzene rings is 1. The van der Waals surface area contributed by atoms with E-state index in [1.165, 1.54) is 6.08 Å². The Labute approximate surface area is 102 Å². The molecular formula is C14H17NO2. The lowest BCUT2D eigenvalue weighted by atomic mass is 9.92. The van der Waals surface area contributed by atoms with Gasteiger partial charge in [0, 0.05) is 13.5 Å². The molecule has 0 spiro atoms. The van der Waals surface area contributed by atoms with Gasteiger partial charge < -0.3 is 5.32 Å². The molecule has 0 bridgehead atoms. The van der Waals surface area contributed by atoms with E-state index in [1.807, 2.05) is 31.2 Å². The first kappa shape index (κ1) is 13.2. The molecular weight excluding hydrogens is 214 g/mol. The van der Waals surface area contributed by atoms with E-state index in [1.54, 1.807) is 7.05 Å². The molecule has 0 fully saturated rings. The van der Waals surface area contributed by atoms with Gasteiger partial charge in [-0.3, -0.25) is 9.59 Å². The van der Waals surface area contributed by atoms with Crippen LogP contribution in [0.5, 0.6) is 0 Å². The molecule has 0 saturated heterocycles. The predicted octanol–water partition coefficient (Wildman–Crippen LogP) is 1.83. The third-order valence-corrected chi connectivity index (χ3v) is 2.75. The summed E-state index contributed by atoms with van der Waals surface area (Å²) in [6.07, 6.45) is 1.60. The zero-order valence-electron chi connectivity index (χ0n) is 10.2. The summed E-state index contributed by atoms with van der Waals surface area (Å²) in [6, 6.07) is 7.49. The minimum atomic E-state index is -0.256. The van der Waals surface area contributed by atoms with E-state index in [-0.39, 0.29) is 17.6 Å². The molecule has 1 N–H and O–H groups in total. The van der Waals surface area contributed by atoms with Crippen LogP contribution in [-0.2, 0) is 16.0 Å². The van der Waals surface area contributed by atoms with E-state index in [9.17, 15) is 9.59 Å². The van der Waals surface area contributed by atoms with Gasteiger partial charge in [0.05, 0.1) is 5.92 Å². The average molecular weight is 231 g/mol. The summed E-state index contributed by atoms with van der Waals surface area (Å²) < 4.78 is 0. The van der Waals surface area contributed by atoms with Crippen LogP contribution in [-0.4, -0.2) is 18.7 Å². The van der Waals surface area contributed by atoms with Gasteiger partial charge in [-0.15, -0.1) is 0 Å². The second kappa shape index (κ2) is 5.99. The molecule has 0 aliphatic rings. The standard InChI is InChI=1S/C14H17NO2/c1-4-12(16)9-11-7-5-6-8-13(11)10(2)14(17)15-3/h4-8,10H,1,9H2,2-3H3,(H,15,17). The molecule has 1 amide bonds. The molecule has 0 aromatic heterocycles. The molecule has 0 aliphatic heterocycles. The Morgan fingerprint density at radius 3 is 2.65 bits per heavy atom. The first-order valence-electron chi connectivity index (χ1n) is 5.54. The van der Waals surface area contributed by atoms with Crippen LogP contribution in [0.25, 0.3) is 0 Å². The second-order valence-corrected chi connectivity index (χ2v) is 3.88. The number of nitrogens with one attached hydrogen (secondary N) is 1. The lowest BCUT2D eigenvalue weighted by Gasteiger charge is -2.14. The van der Waals surface area contributed by atoms with Gasteiger partial charge in [0.25, 0.3) is 0 Å². The average Bonchev–Trinajstić information content (AvgIpc) is 2.37. The van der Waals surface area contributed by atoms with E-state index in [2.05, 4.69) is 11.9 Å². The summed E-state index contributed by atoms with van der Waals surface area (Å²) >= 11 is 0. The molecule has 0 radical (unpaired) electrons. The van der Waals surface area contributed by atoms with Gasteiger partial charge in [0.15, 0.2) is 5.78 Å². The summed E-state index contributed by atoms with van der Waals surface area (Å²) in [6.45, 7) is 5.28. The maximum atomic E-state index is 11.6. The third-order valence-electron chi connectivity index (χ3n) is 2.75. The van der Waals surface area contributed by atoms with Gasteiger partial charge in [-0.05, 0) is 24.1 Å². The fourth-order valence-corrected chi connectivity index (χ4v) is 1.74. The normalized spacial score (nSPS) is 11.6. The summed E-state index contributed by atoms with van der Waals surface area (Å²) in [7, 11) is 1.61. The van der Waals surface area contributed by atoms with Crippen LogP contribution in [0, 0.1) is 0 Å². The Hall–Kier alpha value is -1.90. The van der Waals surface area contributed by atoms with Crippen LogP contribution in [0.15, 0.2) is 36.9 Å². The summed E-state index contributed by atoms with van der Waals surface area (Å²) in [5, 5.41) is 2.61. The Balaban J connectivity index is 3.02. The SMILES string of the molecule is C=CC(=O)Cc1ccccc1C(C)C(=O)NC. The highest BCUT2D eigenvalue weighted by Gasteiger charge is 2.17. The second-order valence-electron chi connectivity index (χ2n) is 3.88. The summed E-state index contributed by atoms with van der Waals surface area (Å²) in [5.41, 5.74) is 1.77. The van der Waals surface area contributed by atoms with E-state index in [4.69, 9.17) is 0 Å². The first-order valence-corrected chi connectivity index (χ1v) is 5.54. The molecule has 3 heteroatoms. The molecule has 17 heavy (non-hydrogen) atoms. The van der Waals surface area contributed by atoms with Crippen LogP contribution >= 0.6 is 0 Å². The van der Waals surface area contributed by atoms with Crippen molar-refractivity contribution in [1.82, 2.24) is 5.32 Å². The molecule has 3 nitrogen and oxygen atoms in total. The van der Waals surface area contributed by atoms with E-state index in [0.29, 0.717) is 6.42 Å². The number of likely N-dealkylation sites (N-methyl/N-ethyl adjacent to an activating group) is 1. The number of allylic oxidation sites excluding steroid dienone is 1. The number of amides is 1. The van der Waals surface area contributed by atoms with Crippen molar-refractivity contribution in [2.45, 2.75) is 19.3 Å². The van der Waals surface area contributed by atoms with Gasteiger partial charge in [0.1, 0.15) is 0 Å². The van der Waals surface area contributed by atoms with E-state index in [0.717, 1.165) is 11.1 Å². The van der Waals surface area contributed by atoms with Gasteiger partial charge >= 0.3 is 0 Å². The Morgan fingerprint density at radius 2 is 2.06 bits per heavy atom. The monoisotopic (exact) mass is 231 g/mol. The fraction of sp³-hybridized carbons (Fsp3) is 0.286. The number of rotatable bonds is 5. The predicted molar refractivity (Wildman–Crippen MR) is 67.8 cm³/mol. The zero-order chi connectivity index (χ0) is 12.8. The Morgan fingerprint density at radius 1 is 1.41 bits per heavy atom. The van der Waals surface area contributed by atoms with Gasteiger partial charge in [-0.25, -0.2) is 0 Å². The number of hydrogen-bond acceptors (Lipinski definition) is 2. The summed E-state index contributed by atoms with van der Waals surface area (Å²) in [5.74, 6) is -0.348. The maximum Gasteiger partial charge on any atom is 0.227 e. The topological polar surface area (TPSA) is 46.2 Å². The molecule has 90 valence electrons. The molecule has 0 saturated carbocycles. The van der Waals surface area contributed by atoms with Crippen LogP contribution < -0.4 is 5.32 Å². The smallest absolute Gasteiger partial charge is 0.227 e. The highest BCUT2D eigenvalue weighted by molar-refractivity contribution is 5.91. The molecule has 1 unspecified atom stereocenters. The summed E-state index contributed by atoms with van der Waals surface area (Å²) in [4.78, 5) is 23.0. The van der Waals surface area contributed by atoms with E-state index >= 15 is 0 Å². The molecule has 1 aromatic carbocycles. The van der Waals surface area contributed by atoms with Gasteiger partial charge in [-0.1, -0.05) is 30.8 Å². The number of carbonyl (C=O) groups excluding carboxylic acids is 2. The van der Waals surface area contributed by atoms with Crippen LogP contribution in [0.1, 0.15) is 24.0 Å². The molecule has 0 aliphatic carbocycles. The minimum absolute atomic E-state index is 0.0402. The number of carbonyl (C=O) groups is 2. The van der Waals surface area contributed by atoms with Crippen molar-refractivity contribution >= 4 is 11.7 Å². The molecule has 1 atom stereocenters. The van der Waals surface area contributed by atoms with Crippen molar-refractivity contribution in [3.63, 3.8) is 0 Å². The highest BCUT2D eigenvalue weighted by Crippen LogP contribution is 2.20. The highest BCUT2D eigenvalue weighted by atomic mass is 16.1. The zero-order valence-corrected chi connectivity index (χ0v) is 10.2. The van der Waals surface area contributed by atoms with E-state index < -0.39 is 0 Å². The van der Waals surface area contributed by atoms with Crippen molar-refractivity contribution in [1.29, 1.82) is 0 Å². The lowest BCUT2D eigenvalue weighted by Crippen LogP contribution is -2.24. The minimum Gasteiger partial charge on any atom is -0.359 e. The van der Waals surface area contributed by atoms with Crippen LogP contribution in [0.3, 0.4) is 0 Å². The fourth-order valence-electron chi connectivity index (χ4n) is 1.74. The molecule has 1 rings (SSSR count). The van der Waals surface area contributed by atoms with Crippen molar-refractivity contribution in [2.75, 3.05) is 7.05 Å². The van der Waals surface area contributed by atoms with Crippen LogP contribution in [0.4, 0.5) is 0 Å². The first-order chi connectivity index (χ1) is 8.10. The third kappa shape index (κ3) is 3.28. The van der Waals surface area contributed by atoms with Crippen molar-refractivity contribution in [2.24, 2.45) is 0 Å². The largest absolute Gasteiger partial charge is 0.359 e. The van der Waals surface area contributed by atoms with Crippen molar-refractivity contribution in [3.05, 3.63) is 48.0 Å². The Kier molecular flexibility index (Phi) is 4.64. The molecule has 0 heterocycles. The number of hydrogen-bond donors (Lipinski definition) is 1. The molecule has 1 aromatic rings. The van der Waals surface area contributed by atoms with Crippen molar-refractivity contribution < 1.29 is 9.59 Å². The van der Waals surface area contributed by atoms with Crippen molar-refractivity contribution in [3.8, 4) is 0 Å². The van der Waals surface area contributed by atoms with Crippen LogP contribution in [0.2, 0.25) is 0 Å². The van der Waals surface area contributed by atoms with Gasteiger partial charge in [0.2, 0.25) is 5.91 Å². The number of ketones is 1. The van der Waals surface area contributed by atoms with Gasteiger partial charge in [-0.2, -0.15) is 0 Å². The quantitative estimate of drug-likeness (QED) is 0.786. The maximum absolute atomic E-state index is 11.6. The lowest BCUT2D eigenvalue weighted by molar-refractivity contribution is -0.121.